The molecule has 2 aromatic heterocycles. The zero-order valence-corrected chi connectivity index (χ0v) is 17.0. The topological polar surface area (TPSA) is 74.6 Å². The van der Waals surface area contributed by atoms with Gasteiger partial charge in [-0.15, -0.1) is 0 Å². The van der Waals surface area contributed by atoms with Gasteiger partial charge in [0.05, 0.1) is 12.9 Å². The third-order valence-corrected chi connectivity index (χ3v) is 5.47. The minimum Gasteiger partial charge on any atom is -0.469 e. The monoisotopic (exact) mass is 394 g/mol. The molecule has 3 heterocycles. The van der Waals surface area contributed by atoms with Crippen molar-refractivity contribution in [1.82, 2.24) is 15.6 Å². The van der Waals surface area contributed by atoms with Crippen LogP contribution in [0.5, 0.6) is 0 Å². The van der Waals surface area contributed by atoms with Crippen LogP contribution in [0, 0.1) is 12.8 Å². The minimum atomic E-state index is 0.523. The zero-order chi connectivity index (χ0) is 19.9. The lowest BCUT2D eigenvalue weighted by atomic mass is 10.1. The molecule has 0 aliphatic carbocycles. The maximum absolute atomic E-state index is 5.47. The summed E-state index contributed by atoms with van der Waals surface area (Å²) in [4.78, 5) is 8.20. The third kappa shape index (κ3) is 5.21. The molecular weight excluding hydrogens is 364 g/mol. The highest BCUT2D eigenvalue weighted by atomic mass is 16.5. The molecule has 1 aromatic carbocycles. The van der Waals surface area contributed by atoms with Crippen molar-refractivity contribution in [1.29, 1.82) is 0 Å². The number of nitrogens with one attached hydrogen (secondary N) is 3. The van der Waals surface area contributed by atoms with Crippen molar-refractivity contribution in [3.63, 3.8) is 0 Å². The van der Waals surface area contributed by atoms with E-state index in [0.29, 0.717) is 5.92 Å². The molecule has 6 nitrogen and oxygen atoms in total. The molecule has 4 rings (SSSR count). The summed E-state index contributed by atoms with van der Waals surface area (Å²) in [6.07, 6.45) is 6.71. The van der Waals surface area contributed by atoms with Crippen molar-refractivity contribution >= 4 is 16.9 Å². The number of rotatable bonds is 8. The molecule has 3 N–H and O–H groups in total. The fourth-order valence-electron chi connectivity index (χ4n) is 3.77. The number of aliphatic imine (C=N–C) groups is 1. The van der Waals surface area contributed by atoms with Crippen molar-refractivity contribution in [3.8, 4) is 0 Å². The van der Waals surface area contributed by atoms with Gasteiger partial charge in [-0.25, -0.2) is 0 Å². The van der Waals surface area contributed by atoms with Gasteiger partial charge in [-0.1, -0.05) is 18.2 Å². The van der Waals surface area contributed by atoms with Gasteiger partial charge in [0, 0.05) is 55.7 Å². The molecule has 1 aliphatic heterocycles. The largest absolute Gasteiger partial charge is 0.469 e. The molecule has 1 fully saturated rings. The number of furan rings is 1. The van der Waals surface area contributed by atoms with Crippen LogP contribution in [0.25, 0.3) is 10.9 Å². The standard InChI is InChI=1S/C23H30N4O2/c1-17-4-2-6-21-19(15-26-22(17)21)7-10-24-23(27-14-18-9-13-28-16-18)25-11-8-20-5-3-12-29-20/h2-6,12,15,18,26H,7-11,13-14,16H2,1H3,(H2,24,25,27). The first kappa shape index (κ1) is 19.6. The number of benzene rings is 1. The van der Waals surface area contributed by atoms with Crippen LogP contribution < -0.4 is 10.6 Å². The number of fused-ring (bicyclic) bond motifs is 1. The van der Waals surface area contributed by atoms with E-state index >= 15 is 0 Å². The Kier molecular flexibility index (Phi) is 6.52. The SMILES string of the molecule is Cc1cccc2c(CCNC(=NCC3CCOC3)NCCc3ccco3)c[nH]c12. The van der Waals surface area contributed by atoms with Crippen LogP contribution in [0.15, 0.2) is 52.2 Å². The van der Waals surface area contributed by atoms with Gasteiger partial charge >= 0.3 is 0 Å². The molecule has 1 aliphatic rings. The summed E-state index contributed by atoms with van der Waals surface area (Å²) in [6, 6.07) is 10.4. The van der Waals surface area contributed by atoms with Crippen molar-refractivity contribution < 1.29 is 9.15 Å². The maximum Gasteiger partial charge on any atom is 0.191 e. The number of hydrogen-bond donors (Lipinski definition) is 3. The van der Waals surface area contributed by atoms with Gasteiger partial charge in [0.1, 0.15) is 5.76 Å². The second-order valence-corrected chi connectivity index (χ2v) is 7.66. The molecule has 0 amide bonds. The highest BCUT2D eigenvalue weighted by Crippen LogP contribution is 2.21. The highest BCUT2D eigenvalue weighted by molar-refractivity contribution is 5.86. The van der Waals surface area contributed by atoms with Crippen LogP contribution in [-0.4, -0.2) is 43.8 Å². The van der Waals surface area contributed by atoms with Crippen LogP contribution in [0.1, 0.15) is 23.3 Å². The second kappa shape index (κ2) is 9.65. The minimum absolute atomic E-state index is 0.523. The van der Waals surface area contributed by atoms with Gasteiger partial charge in [0.25, 0.3) is 0 Å². The number of aromatic amines is 1. The van der Waals surface area contributed by atoms with Gasteiger partial charge in [0.15, 0.2) is 5.96 Å². The van der Waals surface area contributed by atoms with Crippen LogP contribution in [-0.2, 0) is 17.6 Å². The van der Waals surface area contributed by atoms with E-state index in [1.54, 1.807) is 6.26 Å². The van der Waals surface area contributed by atoms with Gasteiger partial charge < -0.3 is 24.8 Å². The summed E-state index contributed by atoms with van der Waals surface area (Å²) in [5, 5.41) is 8.24. The molecule has 29 heavy (non-hydrogen) atoms. The lowest BCUT2D eigenvalue weighted by Crippen LogP contribution is -2.39. The molecule has 0 radical (unpaired) electrons. The average Bonchev–Trinajstić information content (AvgIpc) is 3.48. The molecule has 1 saturated heterocycles. The lowest BCUT2D eigenvalue weighted by Gasteiger charge is -2.13. The molecular formula is C23H30N4O2. The van der Waals surface area contributed by atoms with Crippen molar-refractivity contribution in [2.75, 3.05) is 32.8 Å². The fraction of sp³-hybridized carbons (Fsp3) is 0.435. The van der Waals surface area contributed by atoms with Crippen LogP contribution in [0.3, 0.4) is 0 Å². The first-order chi connectivity index (χ1) is 14.3. The molecule has 0 saturated carbocycles. The van der Waals surface area contributed by atoms with E-state index in [1.165, 1.54) is 22.0 Å². The second-order valence-electron chi connectivity index (χ2n) is 7.66. The number of ether oxygens (including phenoxy) is 1. The normalized spacial score (nSPS) is 17.1. The van der Waals surface area contributed by atoms with E-state index in [4.69, 9.17) is 14.1 Å². The Bertz CT molecular complexity index is 924. The smallest absolute Gasteiger partial charge is 0.191 e. The summed E-state index contributed by atoms with van der Waals surface area (Å²) >= 11 is 0. The molecule has 0 spiro atoms. The first-order valence-electron chi connectivity index (χ1n) is 10.5. The number of guanidine groups is 1. The maximum atomic E-state index is 5.47. The van der Waals surface area contributed by atoms with Crippen LogP contribution in [0.4, 0.5) is 0 Å². The Morgan fingerprint density at radius 1 is 1.17 bits per heavy atom. The number of hydrogen-bond acceptors (Lipinski definition) is 3. The summed E-state index contributed by atoms with van der Waals surface area (Å²) in [6.45, 7) is 6.22. The Labute approximate surface area is 171 Å². The van der Waals surface area contributed by atoms with Crippen molar-refractivity contribution in [2.24, 2.45) is 10.9 Å². The number of H-pyrrole nitrogens is 1. The fourth-order valence-corrected chi connectivity index (χ4v) is 3.77. The third-order valence-electron chi connectivity index (χ3n) is 5.47. The molecule has 0 bridgehead atoms. The summed E-state index contributed by atoms with van der Waals surface area (Å²) in [5.74, 6) is 2.37. The van der Waals surface area contributed by atoms with E-state index in [0.717, 1.165) is 63.8 Å². The van der Waals surface area contributed by atoms with Crippen LogP contribution >= 0.6 is 0 Å². The number of para-hydroxylation sites is 1. The summed E-state index contributed by atoms with van der Waals surface area (Å²) in [5.41, 5.74) is 3.84. The Hall–Kier alpha value is -2.73. The number of nitrogens with zero attached hydrogens (tertiary/aromatic N) is 1. The van der Waals surface area contributed by atoms with E-state index in [-0.39, 0.29) is 0 Å². The Morgan fingerprint density at radius 3 is 2.86 bits per heavy atom. The van der Waals surface area contributed by atoms with E-state index < -0.39 is 0 Å². The van der Waals surface area contributed by atoms with Gasteiger partial charge in [0.2, 0.25) is 0 Å². The first-order valence-corrected chi connectivity index (χ1v) is 10.5. The predicted molar refractivity (Wildman–Crippen MR) is 116 cm³/mol. The zero-order valence-electron chi connectivity index (χ0n) is 17.0. The molecule has 154 valence electrons. The molecule has 6 heteroatoms. The highest BCUT2D eigenvalue weighted by Gasteiger charge is 2.15. The number of aromatic nitrogens is 1. The van der Waals surface area contributed by atoms with Crippen molar-refractivity contribution in [3.05, 3.63) is 59.7 Å². The van der Waals surface area contributed by atoms with Crippen LogP contribution in [0.2, 0.25) is 0 Å². The van der Waals surface area contributed by atoms with Gasteiger partial charge in [-0.05, 0) is 43.0 Å². The summed E-state index contributed by atoms with van der Waals surface area (Å²) < 4.78 is 10.9. The Morgan fingerprint density at radius 2 is 2.07 bits per heavy atom. The summed E-state index contributed by atoms with van der Waals surface area (Å²) in [7, 11) is 0. The van der Waals surface area contributed by atoms with E-state index in [1.807, 2.05) is 12.1 Å². The molecule has 1 atom stereocenters. The van der Waals surface area contributed by atoms with Gasteiger partial charge in [-0.2, -0.15) is 0 Å². The molecule has 1 unspecified atom stereocenters. The average molecular weight is 395 g/mol. The van der Waals surface area contributed by atoms with E-state index in [9.17, 15) is 0 Å². The quantitative estimate of drug-likeness (QED) is 0.404. The lowest BCUT2D eigenvalue weighted by molar-refractivity contribution is 0.187. The Balaban J connectivity index is 1.33. The predicted octanol–water partition coefficient (Wildman–Crippen LogP) is 3.43. The van der Waals surface area contributed by atoms with Crippen molar-refractivity contribution in [2.45, 2.75) is 26.2 Å². The molecule has 3 aromatic rings. The van der Waals surface area contributed by atoms with E-state index in [2.05, 4.69) is 46.9 Å². The number of aryl methyl sites for hydroxylation is 1. The van der Waals surface area contributed by atoms with Gasteiger partial charge in [-0.3, -0.25) is 4.99 Å².